The van der Waals surface area contributed by atoms with Crippen molar-refractivity contribution in [1.29, 1.82) is 0 Å². The third kappa shape index (κ3) is 6.26. The molecule has 148 valence electrons. The smallest absolute Gasteiger partial charge is 0.243 e. The first-order valence-electron chi connectivity index (χ1n) is 9.34. The zero-order chi connectivity index (χ0) is 19.8. The molecule has 0 saturated heterocycles. The maximum atomic E-state index is 12.9. The molecule has 0 aromatic heterocycles. The number of benzene rings is 2. The average Bonchev–Trinajstić information content (AvgIpc) is 3.53. The molecule has 1 amide bonds. The molecule has 0 aliphatic heterocycles. The van der Waals surface area contributed by atoms with Gasteiger partial charge in [-0.3, -0.25) is 9.79 Å². The van der Waals surface area contributed by atoms with Crippen molar-refractivity contribution in [3.05, 3.63) is 59.9 Å². The minimum absolute atomic E-state index is 0.0386. The number of halogens is 1. The van der Waals surface area contributed by atoms with E-state index in [-0.39, 0.29) is 18.3 Å². The van der Waals surface area contributed by atoms with Gasteiger partial charge in [0.1, 0.15) is 11.6 Å². The van der Waals surface area contributed by atoms with Crippen molar-refractivity contribution in [2.75, 3.05) is 25.5 Å². The highest BCUT2D eigenvalue weighted by Crippen LogP contribution is 2.30. The molecular weight excluding hydrogens is 359 g/mol. The van der Waals surface area contributed by atoms with Crippen molar-refractivity contribution in [1.82, 2.24) is 10.6 Å². The maximum Gasteiger partial charge on any atom is 0.243 e. The summed E-state index contributed by atoms with van der Waals surface area (Å²) in [4.78, 5) is 16.2. The highest BCUT2D eigenvalue weighted by Gasteiger charge is 2.22. The fourth-order valence-corrected chi connectivity index (χ4v) is 2.58. The van der Waals surface area contributed by atoms with Gasteiger partial charge < -0.3 is 20.7 Å². The van der Waals surface area contributed by atoms with Gasteiger partial charge in [-0.15, -0.1) is 0 Å². The van der Waals surface area contributed by atoms with Gasteiger partial charge in [0, 0.05) is 24.8 Å². The molecule has 0 unspecified atom stereocenters. The SMILES string of the molecule is CN=C(NCC(=O)Nc1ccc(F)cc1)NCc1ccccc1OCC1CC1. The molecule has 2 aromatic carbocycles. The largest absolute Gasteiger partial charge is 0.493 e. The summed E-state index contributed by atoms with van der Waals surface area (Å²) in [6.07, 6.45) is 2.49. The number of hydrogen-bond donors (Lipinski definition) is 3. The second kappa shape index (κ2) is 9.73. The Hall–Kier alpha value is -3.09. The summed E-state index contributed by atoms with van der Waals surface area (Å²) in [5.41, 5.74) is 1.57. The predicted octanol–water partition coefficient (Wildman–Crippen LogP) is 2.92. The highest BCUT2D eigenvalue weighted by atomic mass is 19.1. The molecule has 0 bridgehead atoms. The van der Waals surface area contributed by atoms with Crippen molar-refractivity contribution in [2.45, 2.75) is 19.4 Å². The topological polar surface area (TPSA) is 74.8 Å². The number of guanidine groups is 1. The number of carbonyl (C=O) groups is 1. The van der Waals surface area contributed by atoms with Crippen molar-refractivity contribution >= 4 is 17.6 Å². The molecule has 2 aromatic rings. The summed E-state index contributed by atoms with van der Waals surface area (Å²) < 4.78 is 18.8. The Bertz CT molecular complexity index is 819. The second-order valence-corrected chi connectivity index (χ2v) is 6.70. The van der Waals surface area contributed by atoms with Crippen LogP contribution in [0.4, 0.5) is 10.1 Å². The quantitative estimate of drug-likeness (QED) is 0.483. The van der Waals surface area contributed by atoms with Crippen LogP contribution < -0.4 is 20.7 Å². The van der Waals surface area contributed by atoms with E-state index in [2.05, 4.69) is 20.9 Å². The van der Waals surface area contributed by atoms with E-state index in [0.717, 1.165) is 17.9 Å². The van der Waals surface area contributed by atoms with Crippen molar-refractivity contribution in [2.24, 2.45) is 10.9 Å². The zero-order valence-electron chi connectivity index (χ0n) is 15.9. The molecule has 1 aliphatic rings. The monoisotopic (exact) mass is 384 g/mol. The number of nitrogens with zero attached hydrogens (tertiary/aromatic N) is 1. The lowest BCUT2D eigenvalue weighted by molar-refractivity contribution is -0.115. The van der Waals surface area contributed by atoms with Crippen LogP contribution in [-0.4, -0.2) is 32.1 Å². The zero-order valence-corrected chi connectivity index (χ0v) is 15.9. The van der Waals surface area contributed by atoms with Crippen LogP contribution in [0.2, 0.25) is 0 Å². The fraction of sp³-hybridized carbons (Fsp3) is 0.333. The van der Waals surface area contributed by atoms with Gasteiger partial charge in [0.25, 0.3) is 0 Å². The minimum Gasteiger partial charge on any atom is -0.493 e. The van der Waals surface area contributed by atoms with Crippen LogP contribution in [-0.2, 0) is 11.3 Å². The Morgan fingerprint density at radius 3 is 2.61 bits per heavy atom. The lowest BCUT2D eigenvalue weighted by atomic mass is 10.2. The molecule has 0 radical (unpaired) electrons. The number of ether oxygens (including phenoxy) is 1. The van der Waals surface area contributed by atoms with Gasteiger partial charge >= 0.3 is 0 Å². The van der Waals surface area contributed by atoms with Gasteiger partial charge in [-0.2, -0.15) is 0 Å². The number of nitrogens with one attached hydrogen (secondary N) is 3. The van der Waals surface area contributed by atoms with Crippen LogP contribution in [0.1, 0.15) is 18.4 Å². The molecule has 0 heterocycles. The van der Waals surface area contributed by atoms with Gasteiger partial charge in [-0.25, -0.2) is 4.39 Å². The number of carbonyl (C=O) groups excluding carboxylic acids is 1. The van der Waals surface area contributed by atoms with E-state index in [0.29, 0.717) is 24.1 Å². The van der Waals surface area contributed by atoms with Crippen LogP contribution in [0, 0.1) is 11.7 Å². The van der Waals surface area contributed by atoms with Crippen LogP contribution in [0.3, 0.4) is 0 Å². The highest BCUT2D eigenvalue weighted by molar-refractivity contribution is 5.94. The number of aliphatic imine (C=N–C) groups is 1. The van der Waals surface area contributed by atoms with E-state index < -0.39 is 0 Å². The fourth-order valence-electron chi connectivity index (χ4n) is 2.58. The normalized spacial score (nSPS) is 13.7. The Kier molecular flexibility index (Phi) is 6.84. The van der Waals surface area contributed by atoms with Gasteiger partial charge in [-0.1, -0.05) is 18.2 Å². The first kappa shape index (κ1) is 19.7. The first-order valence-corrected chi connectivity index (χ1v) is 9.34. The van der Waals surface area contributed by atoms with Gasteiger partial charge in [0.15, 0.2) is 5.96 Å². The molecule has 3 N–H and O–H groups in total. The lowest BCUT2D eigenvalue weighted by Gasteiger charge is -2.15. The Balaban J connectivity index is 1.45. The number of amides is 1. The van der Waals surface area contributed by atoms with Crippen molar-refractivity contribution in [3.63, 3.8) is 0 Å². The molecule has 0 atom stereocenters. The van der Waals surface area contributed by atoms with E-state index in [1.807, 2.05) is 24.3 Å². The molecule has 0 spiro atoms. The maximum absolute atomic E-state index is 12.9. The first-order chi connectivity index (χ1) is 13.6. The van der Waals surface area contributed by atoms with Gasteiger partial charge in [0.05, 0.1) is 13.2 Å². The van der Waals surface area contributed by atoms with E-state index in [9.17, 15) is 9.18 Å². The van der Waals surface area contributed by atoms with Crippen LogP contribution in [0.25, 0.3) is 0 Å². The van der Waals surface area contributed by atoms with Crippen LogP contribution in [0.5, 0.6) is 5.75 Å². The predicted molar refractivity (Wildman–Crippen MR) is 108 cm³/mol. The van der Waals surface area contributed by atoms with E-state index in [1.165, 1.54) is 37.1 Å². The van der Waals surface area contributed by atoms with E-state index in [4.69, 9.17) is 4.74 Å². The molecular formula is C21H25FN4O2. The third-order valence-corrected chi connectivity index (χ3v) is 4.36. The Morgan fingerprint density at radius 2 is 1.89 bits per heavy atom. The summed E-state index contributed by atoms with van der Waals surface area (Å²) in [6, 6.07) is 13.5. The number of anilines is 1. The Morgan fingerprint density at radius 1 is 1.14 bits per heavy atom. The molecule has 1 saturated carbocycles. The molecule has 28 heavy (non-hydrogen) atoms. The number of para-hydroxylation sites is 1. The average molecular weight is 384 g/mol. The molecule has 6 nitrogen and oxygen atoms in total. The Labute approximate surface area is 164 Å². The molecule has 3 rings (SSSR count). The van der Waals surface area contributed by atoms with Crippen LogP contribution in [0.15, 0.2) is 53.5 Å². The molecule has 1 fully saturated rings. The van der Waals surface area contributed by atoms with Gasteiger partial charge in [0.2, 0.25) is 5.91 Å². The second-order valence-electron chi connectivity index (χ2n) is 6.70. The standard InChI is InChI=1S/C21H25FN4O2/c1-23-21(25-13-20(27)26-18-10-8-17(22)9-11-18)24-12-16-4-2-3-5-19(16)28-14-15-6-7-15/h2-5,8-11,15H,6-7,12-14H2,1H3,(H,26,27)(H2,23,24,25). The molecule has 7 heteroatoms. The number of rotatable bonds is 8. The number of hydrogen-bond acceptors (Lipinski definition) is 3. The van der Waals surface area contributed by atoms with Crippen molar-refractivity contribution in [3.8, 4) is 5.75 Å². The van der Waals surface area contributed by atoms with E-state index >= 15 is 0 Å². The van der Waals surface area contributed by atoms with Crippen LogP contribution >= 0.6 is 0 Å². The van der Waals surface area contributed by atoms with Gasteiger partial charge in [-0.05, 0) is 49.1 Å². The minimum atomic E-state index is -0.345. The summed E-state index contributed by atoms with van der Waals surface area (Å²) in [5, 5.41) is 8.84. The van der Waals surface area contributed by atoms with Crippen molar-refractivity contribution < 1.29 is 13.9 Å². The summed E-state index contributed by atoms with van der Waals surface area (Å²) in [5.74, 6) is 1.47. The summed E-state index contributed by atoms with van der Waals surface area (Å²) in [6.45, 7) is 1.32. The molecule has 1 aliphatic carbocycles. The lowest BCUT2D eigenvalue weighted by Crippen LogP contribution is -2.41. The summed E-state index contributed by atoms with van der Waals surface area (Å²) in [7, 11) is 1.64. The third-order valence-electron chi connectivity index (χ3n) is 4.36. The summed E-state index contributed by atoms with van der Waals surface area (Å²) >= 11 is 0. The van der Waals surface area contributed by atoms with E-state index in [1.54, 1.807) is 7.05 Å².